The highest BCUT2D eigenvalue weighted by Gasteiger charge is 2.27. The van der Waals surface area contributed by atoms with E-state index in [0.29, 0.717) is 12.5 Å². The van der Waals surface area contributed by atoms with Crippen LogP contribution < -0.4 is 5.32 Å². The molecule has 1 fully saturated rings. The summed E-state index contributed by atoms with van der Waals surface area (Å²) in [7, 11) is 0. The van der Waals surface area contributed by atoms with Crippen LogP contribution in [0.2, 0.25) is 0 Å². The lowest BCUT2D eigenvalue weighted by molar-refractivity contribution is 0.0952. The fourth-order valence-corrected chi connectivity index (χ4v) is 2.39. The van der Waals surface area contributed by atoms with E-state index < -0.39 is 0 Å². The molecule has 20 heavy (non-hydrogen) atoms. The molecule has 0 bridgehead atoms. The van der Waals surface area contributed by atoms with Crippen LogP contribution in [0.15, 0.2) is 36.7 Å². The van der Waals surface area contributed by atoms with E-state index in [1.165, 1.54) is 12.8 Å². The maximum Gasteiger partial charge on any atom is 0.251 e. The third-order valence-electron chi connectivity index (χ3n) is 3.61. The Morgan fingerprint density at radius 2 is 2.30 bits per heavy atom. The van der Waals surface area contributed by atoms with Crippen molar-refractivity contribution < 1.29 is 4.79 Å². The number of carbonyl (C=O) groups excluding carboxylic acids is 1. The lowest BCUT2D eigenvalue weighted by atomic mass is 10.1. The van der Waals surface area contributed by atoms with Crippen LogP contribution in [0, 0.1) is 6.92 Å². The summed E-state index contributed by atoms with van der Waals surface area (Å²) < 4.78 is 2.15. The molecule has 1 amide bonds. The van der Waals surface area contributed by atoms with Gasteiger partial charge in [0.1, 0.15) is 5.82 Å². The normalized spacial score (nSPS) is 14.2. The van der Waals surface area contributed by atoms with E-state index in [9.17, 15) is 4.79 Å². The standard InChI is InChI=1S/C16H19N3O/c1-12-3-2-4-14(11-12)16(20)18-8-10-19-9-7-17-15(19)13-5-6-13/h2-4,7,9,11,13H,5-6,8,10H2,1H3,(H,18,20). The topological polar surface area (TPSA) is 46.9 Å². The van der Waals surface area contributed by atoms with E-state index >= 15 is 0 Å². The molecule has 3 rings (SSSR count). The molecule has 0 saturated heterocycles. The summed E-state index contributed by atoms with van der Waals surface area (Å²) in [5.41, 5.74) is 1.82. The predicted octanol–water partition coefficient (Wildman–Crippen LogP) is 2.50. The van der Waals surface area contributed by atoms with Crippen molar-refractivity contribution >= 4 is 5.91 Å². The Hall–Kier alpha value is -2.10. The summed E-state index contributed by atoms with van der Waals surface area (Å²) in [4.78, 5) is 16.4. The smallest absolute Gasteiger partial charge is 0.251 e. The van der Waals surface area contributed by atoms with Gasteiger partial charge in [0.25, 0.3) is 5.91 Å². The van der Waals surface area contributed by atoms with Gasteiger partial charge in [-0.3, -0.25) is 4.79 Å². The molecule has 1 aliphatic carbocycles. The van der Waals surface area contributed by atoms with Gasteiger partial charge in [-0.2, -0.15) is 0 Å². The summed E-state index contributed by atoms with van der Waals surface area (Å²) in [5.74, 6) is 1.79. The number of aryl methyl sites for hydroxylation is 1. The number of hydrogen-bond donors (Lipinski definition) is 1. The molecule has 4 nitrogen and oxygen atoms in total. The first kappa shape index (κ1) is 12.9. The zero-order valence-corrected chi connectivity index (χ0v) is 11.7. The first-order valence-electron chi connectivity index (χ1n) is 7.10. The van der Waals surface area contributed by atoms with Crippen LogP contribution in [0.5, 0.6) is 0 Å². The van der Waals surface area contributed by atoms with Crippen LogP contribution in [0.25, 0.3) is 0 Å². The van der Waals surface area contributed by atoms with Crippen molar-refractivity contribution in [3.8, 4) is 0 Å². The number of aromatic nitrogens is 2. The molecule has 104 valence electrons. The molecular formula is C16H19N3O. The Bertz CT molecular complexity index is 614. The van der Waals surface area contributed by atoms with E-state index in [2.05, 4.69) is 14.9 Å². The molecule has 2 aromatic rings. The molecule has 0 aliphatic heterocycles. The van der Waals surface area contributed by atoms with Crippen molar-refractivity contribution in [3.63, 3.8) is 0 Å². The Balaban J connectivity index is 1.54. The maximum absolute atomic E-state index is 12.0. The molecule has 1 aromatic heterocycles. The zero-order valence-electron chi connectivity index (χ0n) is 11.7. The zero-order chi connectivity index (χ0) is 13.9. The van der Waals surface area contributed by atoms with Gasteiger partial charge in [-0.1, -0.05) is 17.7 Å². The van der Waals surface area contributed by atoms with Crippen molar-refractivity contribution in [2.24, 2.45) is 0 Å². The summed E-state index contributed by atoms with van der Waals surface area (Å²) >= 11 is 0. The fourth-order valence-electron chi connectivity index (χ4n) is 2.39. The minimum absolute atomic E-state index is 0.0122. The minimum atomic E-state index is -0.0122. The van der Waals surface area contributed by atoms with E-state index in [1.54, 1.807) is 0 Å². The van der Waals surface area contributed by atoms with Crippen molar-refractivity contribution in [1.82, 2.24) is 14.9 Å². The second kappa shape index (κ2) is 5.49. The summed E-state index contributed by atoms with van der Waals surface area (Å²) in [5, 5.41) is 2.96. The van der Waals surface area contributed by atoms with Crippen LogP contribution in [0.3, 0.4) is 0 Å². The number of hydrogen-bond acceptors (Lipinski definition) is 2. The molecule has 0 atom stereocenters. The Kier molecular flexibility index (Phi) is 3.54. The van der Waals surface area contributed by atoms with Crippen molar-refractivity contribution in [3.05, 3.63) is 53.6 Å². The molecular weight excluding hydrogens is 250 g/mol. The highest BCUT2D eigenvalue weighted by molar-refractivity contribution is 5.94. The second-order valence-corrected chi connectivity index (χ2v) is 5.38. The fraction of sp³-hybridized carbons (Fsp3) is 0.375. The Morgan fingerprint density at radius 1 is 1.45 bits per heavy atom. The average Bonchev–Trinajstić information content (AvgIpc) is 3.18. The lowest BCUT2D eigenvalue weighted by Crippen LogP contribution is -2.27. The van der Waals surface area contributed by atoms with Crippen LogP contribution in [-0.2, 0) is 6.54 Å². The molecule has 1 aromatic carbocycles. The molecule has 1 heterocycles. The average molecular weight is 269 g/mol. The van der Waals surface area contributed by atoms with Crippen LogP contribution in [-0.4, -0.2) is 22.0 Å². The number of imidazole rings is 1. The molecule has 0 spiro atoms. The minimum Gasteiger partial charge on any atom is -0.350 e. The number of nitrogens with one attached hydrogen (secondary N) is 1. The first-order valence-corrected chi connectivity index (χ1v) is 7.10. The molecule has 1 saturated carbocycles. The van der Waals surface area contributed by atoms with Gasteiger partial charge in [0.05, 0.1) is 0 Å². The van der Waals surface area contributed by atoms with Gasteiger partial charge in [-0.15, -0.1) is 0 Å². The third kappa shape index (κ3) is 2.90. The van der Waals surface area contributed by atoms with Gasteiger partial charge in [-0.25, -0.2) is 4.98 Å². The Labute approximate surface area is 118 Å². The highest BCUT2D eigenvalue weighted by Crippen LogP contribution is 2.38. The third-order valence-corrected chi connectivity index (χ3v) is 3.61. The molecule has 0 radical (unpaired) electrons. The van der Waals surface area contributed by atoms with Crippen LogP contribution in [0.1, 0.15) is 40.5 Å². The first-order chi connectivity index (χ1) is 9.74. The summed E-state index contributed by atoms with van der Waals surface area (Å²) in [6.07, 6.45) is 6.32. The van der Waals surface area contributed by atoms with Gasteiger partial charge >= 0.3 is 0 Å². The van der Waals surface area contributed by atoms with Gasteiger partial charge in [0, 0.05) is 37.0 Å². The molecule has 4 heteroatoms. The van der Waals surface area contributed by atoms with Gasteiger partial charge in [0.15, 0.2) is 0 Å². The van der Waals surface area contributed by atoms with Gasteiger partial charge in [-0.05, 0) is 31.9 Å². The number of benzene rings is 1. The monoisotopic (exact) mass is 269 g/mol. The number of amides is 1. The summed E-state index contributed by atoms with van der Waals surface area (Å²) in [6.45, 7) is 3.40. The van der Waals surface area contributed by atoms with Crippen molar-refractivity contribution in [2.75, 3.05) is 6.54 Å². The van der Waals surface area contributed by atoms with E-state index in [4.69, 9.17) is 0 Å². The lowest BCUT2D eigenvalue weighted by Gasteiger charge is -2.09. The van der Waals surface area contributed by atoms with Crippen molar-refractivity contribution in [2.45, 2.75) is 32.2 Å². The maximum atomic E-state index is 12.0. The van der Waals surface area contributed by atoms with Crippen LogP contribution in [0.4, 0.5) is 0 Å². The quantitative estimate of drug-likeness (QED) is 0.906. The second-order valence-electron chi connectivity index (χ2n) is 5.38. The van der Waals surface area contributed by atoms with Crippen LogP contribution >= 0.6 is 0 Å². The predicted molar refractivity (Wildman–Crippen MR) is 77.7 cm³/mol. The largest absolute Gasteiger partial charge is 0.350 e. The van der Waals surface area contributed by atoms with E-state index in [1.807, 2.05) is 43.6 Å². The van der Waals surface area contributed by atoms with Gasteiger partial charge in [0.2, 0.25) is 0 Å². The molecule has 1 aliphatic rings. The van der Waals surface area contributed by atoms with Gasteiger partial charge < -0.3 is 9.88 Å². The number of nitrogens with zero attached hydrogens (tertiary/aromatic N) is 2. The van der Waals surface area contributed by atoms with E-state index in [0.717, 1.165) is 23.5 Å². The van der Waals surface area contributed by atoms with Crippen molar-refractivity contribution in [1.29, 1.82) is 0 Å². The highest BCUT2D eigenvalue weighted by atomic mass is 16.1. The van der Waals surface area contributed by atoms with E-state index in [-0.39, 0.29) is 5.91 Å². The number of rotatable bonds is 5. The SMILES string of the molecule is Cc1cccc(C(=O)NCCn2ccnc2C2CC2)c1. The molecule has 0 unspecified atom stereocenters. The molecule has 1 N–H and O–H groups in total. The summed E-state index contributed by atoms with van der Waals surface area (Å²) in [6, 6.07) is 7.65. The number of carbonyl (C=O) groups is 1. The Morgan fingerprint density at radius 3 is 3.05 bits per heavy atom.